The second-order valence-electron chi connectivity index (χ2n) is 6.38. The molecule has 1 aromatic heterocycles. The maximum atomic E-state index is 6.23. The minimum absolute atomic E-state index is 0.452. The Morgan fingerprint density at radius 2 is 2.10 bits per heavy atom. The molecule has 1 aromatic rings. The van der Waals surface area contributed by atoms with Crippen LogP contribution in [-0.4, -0.2) is 24.6 Å². The molecule has 3 nitrogen and oxygen atoms in total. The van der Waals surface area contributed by atoms with E-state index in [1.165, 1.54) is 19.3 Å². The molecule has 112 valence electrons. The van der Waals surface area contributed by atoms with Gasteiger partial charge in [0.05, 0.1) is 10.7 Å². The predicted molar refractivity (Wildman–Crippen MR) is 86.5 cm³/mol. The zero-order valence-electron chi connectivity index (χ0n) is 12.9. The van der Waals surface area contributed by atoms with Gasteiger partial charge >= 0.3 is 0 Å². The SMILES string of the molecule is CCNCc1nc(N2CCCC(C)(C)CC2)ccc1Cl. The van der Waals surface area contributed by atoms with Crippen molar-refractivity contribution in [3.05, 3.63) is 22.8 Å². The van der Waals surface area contributed by atoms with Gasteiger partial charge in [-0.1, -0.05) is 32.4 Å². The Morgan fingerprint density at radius 3 is 2.85 bits per heavy atom. The molecule has 0 atom stereocenters. The van der Waals surface area contributed by atoms with Gasteiger partial charge in [0, 0.05) is 19.6 Å². The van der Waals surface area contributed by atoms with Crippen molar-refractivity contribution >= 4 is 17.4 Å². The lowest BCUT2D eigenvalue weighted by atomic mass is 9.85. The van der Waals surface area contributed by atoms with Crippen LogP contribution in [0.1, 0.15) is 45.7 Å². The summed E-state index contributed by atoms with van der Waals surface area (Å²) in [5, 5.41) is 4.05. The predicted octanol–water partition coefficient (Wildman–Crippen LogP) is 3.86. The smallest absolute Gasteiger partial charge is 0.128 e. The fourth-order valence-electron chi connectivity index (χ4n) is 2.67. The number of pyridine rings is 1. The Morgan fingerprint density at radius 1 is 1.30 bits per heavy atom. The van der Waals surface area contributed by atoms with Gasteiger partial charge in [-0.15, -0.1) is 0 Å². The molecule has 20 heavy (non-hydrogen) atoms. The number of anilines is 1. The molecule has 1 N–H and O–H groups in total. The van der Waals surface area contributed by atoms with Crippen molar-refractivity contribution < 1.29 is 0 Å². The third-order valence-electron chi connectivity index (χ3n) is 4.11. The van der Waals surface area contributed by atoms with Gasteiger partial charge in [0.2, 0.25) is 0 Å². The van der Waals surface area contributed by atoms with Crippen molar-refractivity contribution in [3.63, 3.8) is 0 Å². The van der Waals surface area contributed by atoms with E-state index in [1.807, 2.05) is 6.07 Å². The third-order valence-corrected chi connectivity index (χ3v) is 4.45. The monoisotopic (exact) mass is 295 g/mol. The summed E-state index contributed by atoms with van der Waals surface area (Å²) in [6, 6.07) is 4.03. The van der Waals surface area contributed by atoms with Crippen LogP contribution in [0, 0.1) is 5.41 Å². The fourth-order valence-corrected chi connectivity index (χ4v) is 2.84. The number of rotatable bonds is 4. The van der Waals surface area contributed by atoms with Crippen molar-refractivity contribution in [2.45, 2.75) is 46.6 Å². The van der Waals surface area contributed by atoms with Gasteiger partial charge in [-0.3, -0.25) is 0 Å². The van der Waals surface area contributed by atoms with Crippen LogP contribution in [0.5, 0.6) is 0 Å². The summed E-state index contributed by atoms with van der Waals surface area (Å²) in [4.78, 5) is 7.16. The van der Waals surface area contributed by atoms with Crippen molar-refractivity contribution in [2.75, 3.05) is 24.5 Å². The largest absolute Gasteiger partial charge is 0.357 e. The minimum atomic E-state index is 0.452. The highest BCUT2D eigenvalue weighted by Crippen LogP contribution is 2.31. The van der Waals surface area contributed by atoms with Gasteiger partial charge in [-0.25, -0.2) is 4.98 Å². The van der Waals surface area contributed by atoms with E-state index < -0.39 is 0 Å². The molecule has 0 amide bonds. The Labute approximate surface area is 127 Å². The molecular formula is C16H26ClN3. The number of aromatic nitrogens is 1. The van der Waals surface area contributed by atoms with Gasteiger partial charge in [0.25, 0.3) is 0 Å². The van der Waals surface area contributed by atoms with E-state index in [0.29, 0.717) is 5.41 Å². The van der Waals surface area contributed by atoms with E-state index in [1.54, 1.807) is 0 Å². The Hall–Kier alpha value is -0.800. The first-order valence-electron chi connectivity index (χ1n) is 7.63. The summed E-state index contributed by atoms with van der Waals surface area (Å²) in [5.74, 6) is 1.07. The van der Waals surface area contributed by atoms with Crippen LogP contribution in [0.25, 0.3) is 0 Å². The van der Waals surface area contributed by atoms with Crippen LogP contribution in [0.3, 0.4) is 0 Å². The quantitative estimate of drug-likeness (QED) is 0.914. The molecular weight excluding hydrogens is 270 g/mol. The Balaban J connectivity index is 2.11. The van der Waals surface area contributed by atoms with Crippen LogP contribution in [0.15, 0.2) is 12.1 Å². The molecule has 1 aliphatic rings. The lowest BCUT2D eigenvalue weighted by molar-refractivity contribution is 0.325. The first-order valence-corrected chi connectivity index (χ1v) is 8.01. The topological polar surface area (TPSA) is 28.2 Å². The molecule has 0 bridgehead atoms. The maximum absolute atomic E-state index is 6.23. The first-order chi connectivity index (χ1) is 9.52. The van der Waals surface area contributed by atoms with Gasteiger partial charge in [0.15, 0.2) is 0 Å². The van der Waals surface area contributed by atoms with Crippen LogP contribution in [0.4, 0.5) is 5.82 Å². The summed E-state index contributed by atoms with van der Waals surface area (Å²) < 4.78 is 0. The average Bonchev–Trinajstić information content (AvgIpc) is 2.59. The van der Waals surface area contributed by atoms with Crippen LogP contribution >= 0.6 is 11.6 Å². The summed E-state index contributed by atoms with van der Waals surface area (Å²) >= 11 is 6.23. The van der Waals surface area contributed by atoms with Crippen molar-refractivity contribution in [1.82, 2.24) is 10.3 Å². The van der Waals surface area contributed by atoms with E-state index in [9.17, 15) is 0 Å². The number of halogens is 1. The Bertz CT molecular complexity index is 445. The standard InChI is InChI=1S/C16H26ClN3/c1-4-18-12-14-13(17)6-7-15(19-14)20-10-5-8-16(2,3)9-11-20/h6-7,18H,4-5,8-12H2,1-3H3. The van der Waals surface area contributed by atoms with Gasteiger partial charge in [-0.05, 0) is 43.4 Å². The lowest BCUT2D eigenvalue weighted by Gasteiger charge is -2.24. The normalized spacial score (nSPS) is 18.9. The zero-order chi connectivity index (χ0) is 14.6. The average molecular weight is 296 g/mol. The Kier molecular flexibility index (Phi) is 5.28. The summed E-state index contributed by atoms with van der Waals surface area (Å²) in [6.07, 6.45) is 3.75. The summed E-state index contributed by atoms with van der Waals surface area (Å²) in [6.45, 7) is 10.7. The molecule has 2 heterocycles. The fraction of sp³-hybridized carbons (Fsp3) is 0.688. The van der Waals surface area contributed by atoms with Crippen molar-refractivity contribution in [2.24, 2.45) is 5.41 Å². The summed E-state index contributed by atoms with van der Waals surface area (Å²) in [5.41, 5.74) is 1.41. The molecule has 1 fully saturated rings. The van der Waals surface area contributed by atoms with E-state index >= 15 is 0 Å². The molecule has 0 saturated carbocycles. The number of hydrogen-bond donors (Lipinski definition) is 1. The number of nitrogens with one attached hydrogen (secondary N) is 1. The highest BCUT2D eigenvalue weighted by atomic mass is 35.5. The molecule has 0 spiro atoms. The molecule has 0 unspecified atom stereocenters. The minimum Gasteiger partial charge on any atom is -0.357 e. The highest BCUT2D eigenvalue weighted by Gasteiger charge is 2.23. The third kappa shape index (κ3) is 4.10. The van der Waals surface area contributed by atoms with E-state index in [2.05, 4.69) is 37.1 Å². The number of hydrogen-bond acceptors (Lipinski definition) is 3. The molecule has 0 aromatic carbocycles. The highest BCUT2D eigenvalue weighted by molar-refractivity contribution is 6.31. The van der Waals surface area contributed by atoms with E-state index in [0.717, 1.165) is 42.7 Å². The van der Waals surface area contributed by atoms with E-state index in [-0.39, 0.29) is 0 Å². The molecule has 0 aliphatic carbocycles. The van der Waals surface area contributed by atoms with Gasteiger partial charge in [-0.2, -0.15) is 0 Å². The van der Waals surface area contributed by atoms with Crippen LogP contribution in [-0.2, 0) is 6.54 Å². The molecule has 0 radical (unpaired) electrons. The summed E-state index contributed by atoms with van der Waals surface area (Å²) in [7, 11) is 0. The molecule has 4 heteroatoms. The van der Waals surface area contributed by atoms with Crippen LogP contribution in [0.2, 0.25) is 5.02 Å². The number of nitrogens with zero attached hydrogens (tertiary/aromatic N) is 2. The first kappa shape index (κ1) is 15.6. The van der Waals surface area contributed by atoms with Crippen molar-refractivity contribution in [1.29, 1.82) is 0 Å². The molecule has 2 rings (SSSR count). The van der Waals surface area contributed by atoms with Gasteiger partial charge in [0.1, 0.15) is 5.82 Å². The van der Waals surface area contributed by atoms with Crippen molar-refractivity contribution in [3.8, 4) is 0 Å². The zero-order valence-corrected chi connectivity index (χ0v) is 13.6. The second-order valence-corrected chi connectivity index (χ2v) is 6.79. The molecule has 1 saturated heterocycles. The lowest BCUT2D eigenvalue weighted by Crippen LogP contribution is -2.26. The maximum Gasteiger partial charge on any atom is 0.128 e. The van der Waals surface area contributed by atoms with Gasteiger partial charge < -0.3 is 10.2 Å². The second kappa shape index (κ2) is 6.77. The van der Waals surface area contributed by atoms with Crippen LogP contribution < -0.4 is 10.2 Å². The molecule has 1 aliphatic heterocycles. The van der Waals surface area contributed by atoms with E-state index in [4.69, 9.17) is 16.6 Å².